The predicted molar refractivity (Wildman–Crippen MR) is 89.0 cm³/mol. The van der Waals surface area contributed by atoms with Crippen molar-refractivity contribution in [2.24, 2.45) is 29.4 Å². The fourth-order valence-electron chi connectivity index (χ4n) is 5.33. The van der Waals surface area contributed by atoms with Gasteiger partial charge in [0, 0.05) is 32.2 Å². The summed E-state index contributed by atoms with van der Waals surface area (Å²) in [4.78, 5) is 29.6. The third kappa shape index (κ3) is 2.84. The van der Waals surface area contributed by atoms with Gasteiger partial charge in [-0.2, -0.15) is 0 Å². The molecule has 134 valence electrons. The van der Waals surface area contributed by atoms with Crippen molar-refractivity contribution in [1.29, 1.82) is 0 Å². The van der Waals surface area contributed by atoms with Gasteiger partial charge in [-0.05, 0) is 43.9 Å². The summed E-state index contributed by atoms with van der Waals surface area (Å²) in [5, 5.41) is 0. The molecule has 5 atom stereocenters. The molecule has 6 heteroatoms. The Kier molecular flexibility index (Phi) is 4.52. The zero-order valence-electron chi connectivity index (χ0n) is 14.4. The first-order valence-electron chi connectivity index (χ1n) is 9.56. The summed E-state index contributed by atoms with van der Waals surface area (Å²) in [6.45, 7) is 3.98. The summed E-state index contributed by atoms with van der Waals surface area (Å²) in [5.41, 5.74) is 6.35. The number of carbonyl (C=O) groups excluding carboxylic acids is 2. The fraction of sp³-hybridized carbons (Fsp3) is 0.889. The normalized spacial score (nSPS) is 39.3. The maximum Gasteiger partial charge on any atom is 0.227 e. The summed E-state index contributed by atoms with van der Waals surface area (Å²) < 4.78 is 5.33. The smallest absolute Gasteiger partial charge is 0.227 e. The zero-order valence-corrected chi connectivity index (χ0v) is 14.4. The van der Waals surface area contributed by atoms with Crippen molar-refractivity contribution in [2.75, 3.05) is 39.4 Å². The number of nitrogens with two attached hydrogens (primary N) is 1. The molecule has 4 aliphatic rings. The first kappa shape index (κ1) is 16.3. The molecule has 0 aromatic heterocycles. The van der Waals surface area contributed by atoms with E-state index in [1.807, 2.05) is 9.80 Å². The second-order valence-electron chi connectivity index (χ2n) is 8.00. The van der Waals surface area contributed by atoms with Crippen LogP contribution in [0.4, 0.5) is 0 Å². The molecule has 2 N–H and O–H groups in total. The van der Waals surface area contributed by atoms with Gasteiger partial charge in [0.05, 0.1) is 25.0 Å². The number of likely N-dealkylation sites (tertiary alicyclic amines) is 1. The Morgan fingerprint density at radius 2 is 1.67 bits per heavy atom. The van der Waals surface area contributed by atoms with Gasteiger partial charge in [0.25, 0.3) is 0 Å². The van der Waals surface area contributed by atoms with Gasteiger partial charge in [-0.3, -0.25) is 9.59 Å². The Balaban J connectivity index is 1.39. The van der Waals surface area contributed by atoms with E-state index in [4.69, 9.17) is 10.5 Å². The van der Waals surface area contributed by atoms with Gasteiger partial charge in [0.1, 0.15) is 0 Å². The Labute approximate surface area is 143 Å². The lowest BCUT2D eigenvalue weighted by atomic mass is 9.83. The van der Waals surface area contributed by atoms with Gasteiger partial charge in [-0.15, -0.1) is 0 Å². The zero-order chi connectivity index (χ0) is 16.7. The summed E-state index contributed by atoms with van der Waals surface area (Å²) in [6.07, 6.45) is 5.28. The molecule has 0 aromatic carbocycles. The molecule has 4 rings (SSSR count). The van der Waals surface area contributed by atoms with Crippen molar-refractivity contribution >= 4 is 11.8 Å². The molecule has 2 amide bonds. The van der Waals surface area contributed by atoms with Crippen LogP contribution in [-0.2, 0) is 14.3 Å². The molecule has 0 aromatic rings. The molecule has 0 spiro atoms. The minimum Gasteiger partial charge on any atom is -0.378 e. The third-order valence-electron chi connectivity index (χ3n) is 6.67. The maximum atomic E-state index is 13.0. The summed E-state index contributed by atoms with van der Waals surface area (Å²) in [5.74, 6) is 1.39. The molecule has 0 radical (unpaired) electrons. The number of morpholine rings is 1. The molecule has 6 nitrogen and oxygen atoms in total. The molecule has 4 fully saturated rings. The van der Waals surface area contributed by atoms with Crippen molar-refractivity contribution in [3.05, 3.63) is 0 Å². The highest BCUT2D eigenvalue weighted by atomic mass is 16.5. The number of rotatable bonds is 2. The summed E-state index contributed by atoms with van der Waals surface area (Å²) in [7, 11) is 0. The standard InChI is InChI=1S/C18H29N3O3/c19-16-13-4-3-12(10-13)15(16)18(23)21-5-1-2-14(11-21)17(22)20-6-8-24-9-7-20/h12-16H,1-11,19H2. The molecular weight excluding hydrogens is 306 g/mol. The van der Waals surface area contributed by atoms with Crippen LogP contribution in [0.3, 0.4) is 0 Å². The van der Waals surface area contributed by atoms with Crippen LogP contribution in [0.15, 0.2) is 0 Å². The van der Waals surface area contributed by atoms with E-state index in [0.29, 0.717) is 44.7 Å². The number of carbonyl (C=O) groups is 2. The van der Waals surface area contributed by atoms with Crippen LogP contribution in [0.1, 0.15) is 32.1 Å². The molecule has 2 saturated carbocycles. The third-order valence-corrected chi connectivity index (χ3v) is 6.67. The van der Waals surface area contributed by atoms with Crippen molar-refractivity contribution in [2.45, 2.75) is 38.1 Å². The number of amides is 2. The van der Waals surface area contributed by atoms with E-state index in [9.17, 15) is 9.59 Å². The highest BCUT2D eigenvalue weighted by Crippen LogP contribution is 2.48. The SMILES string of the molecule is NC1C2CCC(C2)C1C(=O)N1CCCC(C(=O)N2CCOCC2)C1. The van der Waals surface area contributed by atoms with Crippen LogP contribution >= 0.6 is 0 Å². The van der Waals surface area contributed by atoms with E-state index in [2.05, 4.69) is 0 Å². The van der Waals surface area contributed by atoms with Gasteiger partial charge in [-0.25, -0.2) is 0 Å². The largest absolute Gasteiger partial charge is 0.378 e. The van der Waals surface area contributed by atoms with Crippen molar-refractivity contribution in [1.82, 2.24) is 9.80 Å². The highest BCUT2D eigenvalue weighted by molar-refractivity contribution is 5.83. The van der Waals surface area contributed by atoms with Crippen molar-refractivity contribution in [3.8, 4) is 0 Å². The number of nitrogens with zero attached hydrogens (tertiary/aromatic N) is 2. The number of hydrogen-bond donors (Lipinski definition) is 1. The fourth-order valence-corrected chi connectivity index (χ4v) is 5.33. The Morgan fingerprint density at radius 1 is 0.917 bits per heavy atom. The summed E-state index contributed by atoms with van der Waals surface area (Å²) in [6, 6.07) is 0.0339. The second-order valence-corrected chi connectivity index (χ2v) is 8.00. The monoisotopic (exact) mass is 335 g/mol. The quantitative estimate of drug-likeness (QED) is 0.795. The van der Waals surface area contributed by atoms with E-state index in [1.165, 1.54) is 6.42 Å². The Bertz CT molecular complexity index is 504. The number of piperidine rings is 1. The average Bonchev–Trinajstić information content (AvgIpc) is 3.22. The van der Waals surface area contributed by atoms with E-state index in [-0.39, 0.29) is 29.7 Å². The molecule has 24 heavy (non-hydrogen) atoms. The van der Waals surface area contributed by atoms with Crippen LogP contribution in [0.25, 0.3) is 0 Å². The lowest BCUT2D eigenvalue weighted by Gasteiger charge is -2.39. The lowest BCUT2D eigenvalue weighted by Crippen LogP contribution is -2.53. The van der Waals surface area contributed by atoms with Gasteiger partial charge in [0.15, 0.2) is 0 Å². The van der Waals surface area contributed by atoms with E-state index < -0.39 is 0 Å². The topological polar surface area (TPSA) is 75.9 Å². The molecular formula is C18H29N3O3. The highest BCUT2D eigenvalue weighted by Gasteiger charge is 2.50. The van der Waals surface area contributed by atoms with Gasteiger partial charge >= 0.3 is 0 Å². The Morgan fingerprint density at radius 3 is 2.38 bits per heavy atom. The van der Waals surface area contributed by atoms with E-state index in [0.717, 1.165) is 32.2 Å². The molecule has 2 aliphatic heterocycles. The van der Waals surface area contributed by atoms with Crippen molar-refractivity contribution in [3.63, 3.8) is 0 Å². The van der Waals surface area contributed by atoms with E-state index in [1.54, 1.807) is 0 Å². The number of hydrogen-bond acceptors (Lipinski definition) is 4. The lowest BCUT2D eigenvalue weighted by molar-refractivity contribution is -0.146. The summed E-state index contributed by atoms with van der Waals surface area (Å²) >= 11 is 0. The molecule has 2 bridgehead atoms. The van der Waals surface area contributed by atoms with E-state index >= 15 is 0 Å². The first-order valence-corrected chi connectivity index (χ1v) is 9.56. The van der Waals surface area contributed by atoms with Gasteiger partial charge < -0.3 is 20.3 Å². The van der Waals surface area contributed by atoms with Crippen LogP contribution in [0, 0.1) is 23.7 Å². The van der Waals surface area contributed by atoms with Gasteiger partial charge in [0.2, 0.25) is 11.8 Å². The Hall–Kier alpha value is -1.14. The second kappa shape index (κ2) is 6.64. The minimum absolute atomic E-state index is 0.000915. The molecule has 5 unspecified atom stereocenters. The predicted octanol–water partition coefficient (Wildman–Crippen LogP) is 0.457. The minimum atomic E-state index is -0.0457. The van der Waals surface area contributed by atoms with Crippen LogP contribution < -0.4 is 5.73 Å². The van der Waals surface area contributed by atoms with Gasteiger partial charge in [-0.1, -0.05) is 0 Å². The maximum absolute atomic E-state index is 13.0. The first-order chi connectivity index (χ1) is 11.6. The number of fused-ring (bicyclic) bond motifs is 2. The van der Waals surface area contributed by atoms with Crippen LogP contribution in [-0.4, -0.2) is 67.0 Å². The van der Waals surface area contributed by atoms with Crippen molar-refractivity contribution < 1.29 is 14.3 Å². The average molecular weight is 335 g/mol. The molecule has 2 saturated heterocycles. The molecule has 2 heterocycles. The van der Waals surface area contributed by atoms with Crippen LogP contribution in [0.2, 0.25) is 0 Å². The van der Waals surface area contributed by atoms with Crippen LogP contribution in [0.5, 0.6) is 0 Å². The number of ether oxygens (including phenoxy) is 1. The molecule has 2 aliphatic carbocycles.